The fourth-order valence-electron chi connectivity index (χ4n) is 3.87. The minimum Gasteiger partial charge on any atom is -0.389 e. The molecule has 1 aromatic rings. The number of β-amino-alcohol motifs (C(OH)–C–C–N with tert-alkyl or cyclic N) is 1. The lowest BCUT2D eigenvalue weighted by Crippen LogP contribution is -2.48. The number of amides is 3. The fraction of sp³-hybridized carbons (Fsp3) is 0.600. The van der Waals surface area contributed by atoms with Crippen LogP contribution in [0.15, 0.2) is 24.3 Å². The maximum absolute atomic E-state index is 13.6. The summed E-state index contributed by atoms with van der Waals surface area (Å²) < 4.78 is 18.9. The first kappa shape index (κ1) is 19.8. The molecule has 1 heterocycles. The first-order valence-corrected chi connectivity index (χ1v) is 9.65. The number of benzene rings is 1. The van der Waals surface area contributed by atoms with Gasteiger partial charge in [0.15, 0.2) is 0 Å². The standard InChI is InChI=1S/C20H27FN2O4/c21-17-9-5-4-8-15(17)13-27-14-16(24)12-23-18(25)20(22-19(23)26)10-6-2-1-3-7-11-20/h4-5,8-9,16,24H,1-3,6-7,10-14H2,(H,22,26). The lowest BCUT2D eigenvalue weighted by atomic mass is 9.84. The second-order valence-corrected chi connectivity index (χ2v) is 7.46. The van der Waals surface area contributed by atoms with Crippen LogP contribution in [0.1, 0.15) is 50.5 Å². The Labute approximate surface area is 158 Å². The number of hydrogen-bond donors (Lipinski definition) is 2. The molecule has 1 aliphatic heterocycles. The Morgan fingerprint density at radius 1 is 1.15 bits per heavy atom. The average molecular weight is 378 g/mol. The molecule has 6 nitrogen and oxygen atoms in total. The number of aliphatic hydroxyl groups is 1. The molecule has 2 fully saturated rings. The molecule has 27 heavy (non-hydrogen) atoms. The van der Waals surface area contributed by atoms with E-state index < -0.39 is 17.7 Å². The highest BCUT2D eigenvalue weighted by atomic mass is 19.1. The molecule has 7 heteroatoms. The molecule has 1 unspecified atom stereocenters. The number of nitrogens with one attached hydrogen (secondary N) is 1. The summed E-state index contributed by atoms with van der Waals surface area (Å²) in [6.45, 7) is -0.185. The molecule has 2 N–H and O–H groups in total. The largest absolute Gasteiger partial charge is 0.389 e. The topological polar surface area (TPSA) is 78.9 Å². The van der Waals surface area contributed by atoms with Crippen LogP contribution in [-0.2, 0) is 16.1 Å². The zero-order valence-corrected chi connectivity index (χ0v) is 15.5. The first-order valence-electron chi connectivity index (χ1n) is 9.65. The van der Waals surface area contributed by atoms with Crippen molar-refractivity contribution in [2.75, 3.05) is 13.2 Å². The number of urea groups is 1. The number of rotatable bonds is 6. The summed E-state index contributed by atoms with van der Waals surface area (Å²) in [6, 6.07) is 5.80. The van der Waals surface area contributed by atoms with E-state index in [2.05, 4.69) is 5.32 Å². The highest BCUT2D eigenvalue weighted by molar-refractivity contribution is 6.07. The predicted octanol–water partition coefficient (Wildman–Crippen LogP) is 2.74. The molecule has 0 aromatic heterocycles. The van der Waals surface area contributed by atoms with Crippen LogP contribution in [0.25, 0.3) is 0 Å². The van der Waals surface area contributed by atoms with E-state index in [4.69, 9.17) is 4.74 Å². The second-order valence-electron chi connectivity index (χ2n) is 7.46. The number of carbonyl (C=O) groups excluding carboxylic acids is 2. The van der Waals surface area contributed by atoms with E-state index in [-0.39, 0.29) is 31.5 Å². The van der Waals surface area contributed by atoms with Gasteiger partial charge in [0.05, 0.1) is 25.9 Å². The van der Waals surface area contributed by atoms with E-state index in [1.54, 1.807) is 18.2 Å². The normalized spacial score (nSPS) is 21.0. The third-order valence-corrected chi connectivity index (χ3v) is 5.37. The second kappa shape index (κ2) is 8.80. The number of carbonyl (C=O) groups is 2. The van der Waals surface area contributed by atoms with E-state index in [0.29, 0.717) is 18.4 Å². The fourth-order valence-corrected chi connectivity index (χ4v) is 3.87. The van der Waals surface area contributed by atoms with Crippen molar-refractivity contribution in [2.45, 2.75) is 63.2 Å². The molecule has 2 aliphatic rings. The Balaban J connectivity index is 1.52. The number of imide groups is 1. The van der Waals surface area contributed by atoms with Crippen molar-refractivity contribution in [2.24, 2.45) is 0 Å². The zero-order valence-electron chi connectivity index (χ0n) is 15.5. The summed E-state index contributed by atoms with van der Waals surface area (Å²) in [5.41, 5.74) is -0.418. The zero-order chi connectivity index (χ0) is 19.3. The Hall–Kier alpha value is -1.99. The van der Waals surface area contributed by atoms with Crippen molar-refractivity contribution < 1.29 is 23.8 Å². The van der Waals surface area contributed by atoms with Crippen LogP contribution in [0.3, 0.4) is 0 Å². The van der Waals surface area contributed by atoms with E-state index in [1.165, 1.54) is 12.5 Å². The maximum atomic E-state index is 13.6. The maximum Gasteiger partial charge on any atom is 0.325 e. The van der Waals surface area contributed by atoms with Crippen LogP contribution in [-0.4, -0.2) is 46.7 Å². The number of ether oxygens (including phenoxy) is 1. The summed E-state index contributed by atoms with van der Waals surface area (Å²) in [7, 11) is 0. The molecular formula is C20H27FN2O4. The van der Waals surface area contributed by atoms with Crippen molar-refractivity contribution in [1.82, 2.24) is 10.2 Å². The van der Waals surface area contributed by atoms with E-state index in [1.807, 2.05) is 0 Å². The quantitative estimate of drug-likeness (QED) is 0.746. The molecule has 3 amide bonds. The van der Waals surface area contributed by atoms with Gasteiger partial charge in [-0.15, -0.1) is 0 Å². The van der Waals surface area contributed by atoms with Crippen LogP contribution < -0.4 is 5.32 Å². The average Bonchev–Trinajstić information content (AvgIpc) is 2.85. The number of nitrogens with zero attached hydrogens (tertiary/aromatic N) is 1. The lowest BCUT2D eigenvalue weighted by molar-refractivity contribution is -0.133. The molecule has 0 bridgehead atoms. The monoisotopic (exact) mass is 378 g/mol. The van der Waals surface area contributed by atoms with E-state index >= 15 is 0 Å². The number of halogens is 1. The minimum absolute atomic E-state index is 0.0216. The minimum atomic E-state index is -1.02. The smallest absolute Gasteiger partial charge is 0.325 e. The Bertz CT molecular complexity index is 674. The first-order chi connectivity index (χ1) is 13.0. The molecule has 1 saturated heterocycles. The van der Waals surface area contributed by atoms with Gasteiger partial charge in [0.2, 0.25) is 0 Å². The van der Waals surface area contributed by atoms with Crippen molar-refractivity contribution >= 4 is 11.9 Å². The van der Waals surface area contributed by atoms with E-state index in [9.17, 15) is 19.1 Å². The summed E-state index contributed by atoms with van der Waals surface area (Å²) >= 11 is 0. The molecule has 1 spiro atoms. The van der Waals surface area contributed by atoms with Gasteiger partial charge in [-0.2, -0.15) is 0 Å². The van der Waals surface area contributed by atoms with E-state index in [0.717, 1.165) is 30.6 Å². The molecule has 148 valence electrons. The summed E-state index contributed by atoms with van der Waals surface area (Å²) in [5.74, 6) is -0.616. The van der Waals surface area contributed by atoms with Crippen LogP contribution in [0, 0.1) is 5.82 Å². The Morgan fingerprint density at radius 3 is 2.52 bits per heavy atom. The third kappa shape index (κ3) is 4.65. The molecule has 1 saturated carbocycles. The van der Waals surface area contributed by atoms with Gasteiger partial charge in [0, 0.05) is 5.56 Å². The lowest BCUT2D eigenvalue weighted by Gasteiger charge is -2.28. The van der Waals surface area contributed by atoms with Crippen molar-refractivity contribution in [3.05, 3.63) is 35.6 Å². The number of aliphatic hydroxyl groups excluding tert-OH is 1. The molecular weight excluding hydrogens is 351 g/mol. The van der Waals surface area contributed by atoms with Crippen molar-refractivity contribution in [1.29, 1.82) is 0 Å². The molecule has 1 aromatic carbocycles. The van der Waals surface area contributed by atoms with Crippen LogP contribution in [0.2, 0.25) is 0 Å². The molecule has 1 atom stereocenters. The number of hydrogen-bond acceptors (Lipinski definition) is 4. The van der Waals surface area contributed by atoms with Crippen LogP contribution in [0.4, 0.5) is 9.18 Å². The molecule has 0 radical (unpaired) electrons. The highest BCUT2D eigenvalue weighted by Crippen LogP contribution is 2.32. The van der Waals surface area contributed by atoms with Gasteiger partial charge in [-0.3, -0.25) is 9.69 Å². The van der Waals surface area contributed by atoms with Gasteiger partial charge in [0.1, 0.15) is 11.4 Å². The highest BCUT2D eigenvalue weighted by Gasteiger charge is 2.50. The van der Waals surface area contributed by atoms with Crippen molar-refractivity contribution in [3.8, 4) is 0 Å². The van der Waals surface area contributed by atoms with Gasteiger partial charge in [-0.05, 0) is 18.9 Å². The van der Waals surface area contributed by atoms with Gasteiger partial charge in [0.25, 0.3) is 5.91 Å². The summed E-state index contributed by atoms with van der Waals surface area (Å²) in [6.07, 6.45) is 5.40. The van der Waals surface area contributed by atoms with Gasteiger partial charge in [-0.1, -0.05) is 50.3 Å². The van der Waals surface area contributed by atoms with Crippen LogP contribution >= 0.6 is 0 Å². The van der Waals surface area contributed by atoms with Crippen molar-refractivity contribution in [3.63, 3.8) is 0 Å². The predicted molar refractivity (Wildman–Crippen MR) is 97.4 cm³/mol. The van der Waals surface area contributed by atoms with Gasteiger partial charge < -0.3 is 15.2 Å². The Morgan fingerprint density at radius 2 is 1.81 bits per heavy atom. The van der Waals surface area contributed by atoms with Gasteiger partial charge in [-0.25, -0.2) is 9.18 Å². The SMILES string of the molecule is O=C1NC2(CCCCCCC2)C(=O)N1CC(O)COCc1ccccc1F. The summed E-state index contributed by atoms with van der Waals surface area (Å²) in [5, 5.41) is 13.1. The van der Waals surface area contributed by atoms with Gasteiger partial charge >= 0.3 is 6.03 Å². The molecule has 1 aliphatic carbocycles. The Kier molecular flexibility index (Phi) is 6.44. The van der Waals surface area contributed by atoms with Crippen LogP contribution in [0.5, 0.6) is 0 Å². The summed E-state index contributed by atoms with van der Waals surface area (Å²) in [4.78, 5) is 26.3. The molecule has 3 rings (SSSR count). The third-order valence-electron chi connectivity index (χ3n) is 5.37.